The summed E-state index contributed by atoms with van der Waals surface area (Å²) in [6.07, 6.45) is -2.66. The van der Waals surface area contributed by atoms with Crippen LogP contribution in [-0.2, 0) is 0 Å². The van der Waals surface area contributed by atoms with Crippen LogP contribution in [0.4, 0.5) is 10.1 Å². The minimum atomic E-state index is -2.66. The van der Waals surface area contributed by atoms with Crippen LogP contribution < -0.4 is 14.2 Å². The topological polar surface area (TPSA) is 125 Å². The van der Waals surface area contributed by atoms with Gasteiger partial charge in [-0.1, -0.05) is 0 Å². The van der Waals surface area contributed by atoms with Crippen molar-refractivity contribution in [2.45, 2.75) is 6.17 Å². The van der Waals surface area contributed by atoms with Crippen LogP contribution in [0.15, 0.2) is 30.3 Å². The van der Waals surface area contributed by atoms with Crippen LogP contribution in [0.25, 0.3) is 0 Å². The Labute approximate surface area is 158 Å². The van der Waals surface area contributed by atoms with E-state index in [1.807, 2.05) is 0 Å². The molecule has 0 saturated carbocycles. The summed E-state index contributed by atoms with van der Waals surface area (Å²) in [4.78, 5) is 34.9. The smallest absolute Gasteiger partial charge is 0.310 e. The third-order valence-corrected chi connectivity index (χ3v) is 3.91. The van der Waals surface area contributed by atoms with Crippen molar-refractivity contribution < 1.29 is 38.2 Å². The number of carbonyl (C=O) groups is 2. The molecule has 9 nitrogen and oxygen atoms in total. The van der Waals surface area contributed by atoms with Crippen LogP contribution in [0, 0.1) is 10.1 Å². The molecule has 2 aromatic rings. The highest BCUT2D eigenvalue weighted by Crippen LogP contribution is 2.39. The van der Waals surface area contributed by atoms with Crippen LogP contribution in [0.3, 0.4) is 0 Å². The zero-order valence-electron chi connectivity index (χ0n) is 15.1. The molecule has 0 aliphatic carbocycles. The largest absolute Gasteiger partial charge is 0.504 e. The number of aromatic hydroxyl groups is 1. The average molecular weight is 393 g/mol. The minimum Gasteiger partial charge on any atom is -0.504 e. The van der Waals surface area contributed by atoms with Gasteiger partial charge < -0.3 is 19.3 Å². The van der Waals surface area contributed by atoms with Crippen LogP contribution in [-0.4, -0.2) is 49.1 Å². The van der Waals surface area contributed by atoms with E-state index in [0.29, 0.717) is 0 Å². The number of nitro groups is 1. The molecule has 0 radical (unpaired) electrons. The number of hydrogen-bond donors (Lipinski definition) is 1. The highest BCUT2D eigenvalue weighted by molar-refractivity contribution is 6.19. The maximum atomic E-state index is 14.6. The zero-order valence-corrected chi connectivity index (χ0v) is 15.1. The number of rotatable bonds is 8. The molecule has 10 heteroatoms. The van der Waals surface area contributed by atoms with Crippen molar-refractivity contribution in [2.75, 3.05) is 21.3 Å². The van der Waals surface area contributed by atoms with E-state index in [0.717, 1.165) is 31.4 Å². The molecule has 0 fully saturated rings. The fourth-order valence-corrected chi connectivity index (χ4v) is 2.49. The molecule has 1 unspecified atom stereocenters. The molecular weight excluding hydrogens is 377 g/mol. The second kappa shape index (κ2) is 8.33. The van der Waals surface area contributed by atoms with Gasteiger partial charge in [0.05, 0.1) is 31.8 Å². The van der Waals surface area contributed by atoms with Gasteiger partial charge in [0.25, 0.3) is 0 Å². The summed E-state index contributed by atoms with van der Waals surface area (Å²) in [6, 6.07) is 5.32. The normalized spacial score (nSPS) is 11.4. The quantitative estimate of drug-likeness (QED) is 0.314. The van der Waals surface area contributed by atoms with Gasteiger partial charge in [-0.2, -0.15) is 0 Å². The number of phenolic OH excluding ortho intramolecular Hbond substituents is 1. The predicted molar refractivity (Wildman–Crippen MR) is 94.4 cm³/mol. The zero-order chi connectivity index (χ0) is 21.0. The third kappa shape index (κ3) is 3.70. The summed E-state index contributed by atoms with van der Waals surface area (Å²) in [5, 5.41) is 21.1. The molecule has 0 heterocycles. The number of Topliss-reactive ketones (excluding diaryl/α,β-unsaturated/α-hetero) is 2. The lowest BCUT2D eigenvalue weighted by molar-refractivity contribution is -0.385. The van der Waals surface area contributed by atoms with Gasteiger partial charge in [-0.25, -0.2) is 4.39 Å². The van der Waals surface area contributed by atoms with Crippen LogP contribution >= 0.6 is 0 Å². The van der Waals surface area contributed by atoms with E-state index in [1.165, 1.54) is 20.3 Å². The summed E-state index contributed by atoms with van der Waals surface area (Å²) < 4.78 is 29.3. The van der Waals surface area contributed by atoms with Crippen LogP contribution in [0.2, 0.25) is 0 Å². The lowest BCUT2D eigenvalue weighted by Crippen LogP contribution is -2.26. The summed E-state index contributed by atoms with van der Waals surface area (Å²) >= 11 is 0. The molecule has 2 rings (SSSR count). The molecular formula is C18H16FNO8. The number of methoxy groups -OCH3 is 3. The molecule has 0 bridgehead atoms. The molecule has 1 atom stereocenters. The van der Waals surface area contributed by atoms with Crippen molar-refractivity contribution in [1.82, 2.24) is 0 Å². The average Bonchev–Trinajstić information content (AvgIpc) is 2.71. The fraction of sp³-hybridized carbons (Fsp3) is 0.222. The van der Waals surface area contributed by atoms with Crippen molar-refractivity contribution in [3.05, 3.63) is 51.6 Å². The number of hydrogen-bond acceptors (Lipinski definition) is 8. The van der Waals surface area contributed by atoms with Gasteiger partial charge in [0.2, 0.25) is 23.5 Å². The van der Waals surface area contributed by atoms with Gasteiger partial charge >= 0.3 is 5.69 Å². The van der Waals surface area contributed by atoms with Gasteiger partial charge in [0.15, 0.2) is 17.2 Å². The SMILES string of the molecule is COc1cc(C(=O)C(F)C(=O)c2ccc(OC)c(OC)c2O)ccc1[N+](=O)[O-]. The first-order valence-electron chi connectivity index (χ1n) is 7.75. The van der Waals surface area contributed by atoms with Crippen molar-refractivity contribution >= 4 is 17.3 Å². The fourth-order valence-electron chi connectivity index (χ4n) is 2.49. The summed E-state index contributed by atoms with van der Waals surface area (Å²) in [5.74, 6) is -3.57. The van der Waals surface area contributed by atoms with E-state index in [1.54, 1.807) is 0 Å². The Morgan fingerprint density at radius 3 is 2.21 bits per heavy atom. The molecule has 0 aromatic heterocycles. The first-order valence-corrected chi connectivity index (χ1v) is 7.75. The maximum Gasteiger partial charge on any atom is 0.310 e. The van der Waals surface area contributed by atoms with Gasteiger partial charge in [0, 0.05) is 11.6 Å². The molecule has 28 heavy (non-hydrogen) atoms. The number of phenols is 1. The summed E-state index contributed by atoms with van der Waals surface area (Å²) in [6.45, 7) is 0. The molecule has 148 valence electrons. The van der Waals surface area contributed by atoms with Crippen molar-refractivity contribution in [3.63, 3.8) is 0 Å². The van der Waals surface area contributed by atoms with E-state index in [9.17, 15) is 29.2 Å². The Morgan fingerprint density at radius 1 is 1.04 bits per heavy atom. The number of ether oxygens (including phenoxy) is 3. The third-order valence-electron chi connectivity index (χ3n) is 3.91. The Kier molecular flexibility index (Phi) is 6.14. The number of alkyl halides is 1. The molecule has 0 aliphatic rings. The monoisotopic (exact) mass is 393 g/mol. The maximum absolute atomic E-state index is 14.6. The van der Waals surface area contributed by atoms with Crippen LogP contribution in [0.1, 0.15) is 20.7 Å². The molecule has 0 spiro atoms. The highest BCUT2D eigenvalue weighted by atomic mass is 19.1. The number of nitrogens with zero attached hydrogens (tertiary/aromatic N) is 1. The Balaban J connectivity index is 2.38. The number of ketones is 2. The number of nitro benzene ring substituents is 1. The number of carbonyl (C=O) groups excluding carboxylic acids is 2. The Bertz CT molecular complexity index is 943. The van der Waals surface area contributed by atoms with Crippen molar-refractivity contribution in [1.29, 1.82) is 0 Å². The van der Waals surface area contributed by atoms with Gasteiger partial charge in [-0.3, -0.25) is 19.7 Å². The Morgan fingerprint density at radius 2 is 1.68 bits per heavy atom. The molecule has 1 N–H and O–H groups in total. The summed E-state index contributed by atoms with van der Waals surface area (Å²) in [5.41, 5.74) is -1.20. The van der Waals surface area contributed by atoms with E-state index in [-0.39, 0.29) is 22.8 Å². The van der Waals surface area contributed by atoms with E-state index in [4.69, 9.17) is 14.2 Å². The minimum absolute atomic E-state index is 0.110. The van der Waals surface area contributed by atoms with Gasteiger partial charge in [-0.15, -0.1) is 0 Å². The van der Waals surface area contributed by atoms with E-state index in [2.05, 4.69) is 0 Å². The second-order valence-corrected chi connectivity index (χ2v) is 5.43. The lowest BCUT2D eigenvalue weighted by atomic mass is 9.98. The molecule has 0 amide bonds. The van der Waals surface area contributed by atoms with E-state index < -0.39 is 39.7 Å². The number of halogens is 1. The molecule has 0 aliphatic heterocycles. The van der Waals surface area contributed by atoms with Gasteiger partial charge in [0.1, 0.15) is 0 Å². The lowest BCUT2D eigenvalue weighted by Gasteiger charge is -2.13. The van der Waals surface area contributed by atoms with Crippen LogP contribution in [0.5, 0.6) is 23.0 Å². The standard InChI is InChI=1S/C18H16FNO8/c1-26-12-7-5-10(17(23)18(12)28-3)16(22)14(19)15(21)9-4-6-11(20(24)25)13(8-9)27-2/h4-8,14,23H,1-3H3. The molecule has 2 aromatic carbocycles. The first kappa shape index (κ1) is 20.6. The predicted octanol–water partition coefficient (Wildman–Crippen LogP) is 2.73. The van der Waals surface area contributed by atoms with Gasteiger partial charge in [-0.05, 0) is 24.3 Å². The second-order valence-electron chi connectivity index (χ2n) is 5.43. The Hall–Kier alpha value is -3.69. The first-order chi connectivity index (χ1) is 13.3. The van der Waals surface area contributed by atoms with E-state index >= 15 is 0 Å². The van der Waals surface area contributed by atoms with Crippen molar-refractivity contribution in [3.8, 4) is 23.0 Å². The number of benzene rings is 2. The molecule has 0 saturated heterocycles. The van der Waals surface area contributed by atoms with Crippen molar-refractivity contribution in [2.24, 2.45) is 0 Å². The highest BCUT2D eigenvalue weighted by Gasteiger charge is 2.32. The summed E-state index contributed by atoms with van der Waals surface area (Å²) in [7, 11) is 3.67.